The highest BCUT2D eigenvalue weighted by molar-refractivity contribution is 5.99. The van der Waals surface area contributed by atoms with Gasteiger partial charge in [-0.2, -0.15) is 0 Å². The molecule has 0 atom stereocenters. The van der Waals surface area contributed by atoms with Crippen LogP contribution in [0.4, 0.5) is 5.69 Å². The molecule has 4 N–H and O–H groups in total. The minimum atomic E-state index is -0.764. The van der Waals surface area contributed by atoms with Gasteiger partial charge in [0.2, 0.25) is 5.91 Å². The molecule has 5 nitrogen and oxygen atoms in total. The Labute approximate surface area is 144 Å². The molecule has 1 fully saturated rings. The summed E-state index contributed by atoms with van der Waals surface area (Å²) < 4.78 is 0. The van der Waals surface area contributed by atoms with Crippen LogP contribution in [0.2, 0.25) is 0 Å². The lowest BCUT2D eigenvalue weighted by Gasteiger charge is -2.31. The fraction of sp³-hybridized carbons (Fsp3) is 0.579. The molecule has 1 aromatic rings. The van der Waals surface area contributed by atoms with Gasteiger partial charge in [0.05, 0.1) is 5.54 Å². The maximum atomic E-state index is 12.4. The van der Waals surface area contributed by atoms with E-state index in [9.17, 15) is 9.59 Å². The van der Waals surface area contributed by atoms with Gasteiger partial charge in [0.15, 0.2) is 0 Å². The average Bonchev–Trinajstić information content (AvgIpc) is 2.55. The molecule has 1 aliphatic carbocycles. The Kier molecular flexibility index (Phi) is 5.65. The second-order valence-electron chi connectivity index (χ2n) is 7.44. The van der Waals surface area contributed by atoms with Crippen LogP contribution < -0.4 is 16.4 Å². The van der Waals surface area contributed by atoms with Crippen LogP contribution >= 0.6 is 0 Å². The zero-order valence-corrected chi connectivity index (χ0v) is 14.9. The Balaban J connectivity index is 1.99. The Morgan fingerprint density at radius 3 is 2.25 bits per heavy atom. The number of hydrogen-bond acceptors (Lipinski definition) is 3. The predicted molar refractivity (Wildman–Crippen MR) is 96.9 cm³/mol. The molecule has 1 aliphatic rings. The van der Waals surface area contributed by atoms with E-state index in [0.717, 1.165) is 38.5 Å². The quantitative estimate of drug-likeness (QED) is 0.774. The number of rotatable bonds is 5. The summed E-state index contributed by atoms with van der Waals surface area (Å²) in [7, 11) is 0. The summed E-state index contributed by atoms with van der Waals surface area (Å²) in [5.74, 6) is -0.242. The Morgan fingerprint density at radius 2 is 1.71 bits per heavy atom. The predicted octanol–water partition coefficient (Wildman–Crippen LogP) is 3.21. The van der Waals surface area contributed by atoms with Gasteiger partial charge in [0, 0.05) is 16.8 Å². The van der Waals surface area contributed by atoms with Gasteiger partial charge < -0.3 is 16.4 Å². The standard InChI is InChI=1S/C19H29N3O2/c1-4-18(2,3)22-16(23)14-8-10-15(11-9-14)21-17(24)19(20)12-6-5-7-13-19/h8-11H,4-7,12-13,20H2,1-3H3,(H,21,24)(H,22,23). The second-order valence-corrected chi connectivity index (χ2v) is 7.44. The molecule has 132 valence electrons. The molecule has 0 bridgehead atoms. The van der Waals surface area contributed by atoms with Crippen LogP contribution in [0.1, 0.15) is 69.7 Å². The number of nitrogens with two attached hydrogens (primary N) is 1. The van der Waals surface area contributed by atoms with E-state index in [2.05, 4.69) is 10.6 Å². The van der Waals surface area contributed by atoms with Gasteiger partial charge in [-0.05, 0) is 57.4 Å². The lowest BCUT2D eigenvalue weighted by molar-refractivity contribution is -0.122. The van der Waals surface area contributed by atoms with E-state index in [-0.39, 0.29) is 17.4 Å². The van der Waals surface area contributed by atoms with Crippen molar-refractivity contribution >= 4 is 17.5 Å². The molecule has 1 saturated carbocycles. The molecule has 0 unspecified atom stereocenters. The van der Waals surface area contributed by atoms with Crippen molar-refractivity contribution in [3.63, 3.8) is 0 Å². The number of hydrogen-bond donors (Lipinski definition) is 3. The molecule has 0 spiro atoms. The van der Waals surface area contributed by atoms with Gasteiger partial charge in [-0.15, -0.1) is 0 Å². The molecule has 2 amide bonds. The molecule has 0 saturated heterocycles. The van der Waals surface area contributed by atoms with Crippen molar-refractivity contribution < 1.29 is 9.59 Å². The van der Waals surface area contributed by atoms with Crippen molar-refractivity contribution in [2.75, 3.05) is 5.32 Å². The van der Waals surface area contributed by atoms with Crippen molar-refractivity contribution in [3.8, 4) is 0 Å². The number of amides is 2. The van der Waals surface area contributed by atoms with Gasteiger partial charge in [0.1, 0.15) is 0 Å². The summed E-state index contributed by atoms with van der Waals surface area (Å²) in [6.45, 7) is 6.02. The topological polar surface area (TPSA) is 84.2 Å². The average molecular weight is 331 g/mol. The second kappa shape index (κ2) is 7.34. The molecular weight excluding hydrogens is 302 g/mol. The van der Waals surface area contributed by atoms with Gasteiger partial charge in [-0.1, -0.05) is 26.2 Å². The summed E-state index contributed by atoms with van der Waals surface area (Å²) in [5.41, 5.74) is 6.48. The number of carbonyl (C=O) groups is 2. The molecule has 5 heteroatoms. The SMILES string of the molecule is CCC(C)(C)NC(=O)c1ccc(NC(=O)C2(N)CCCCC2)cc1. The Bertz CT molecular complexity index is 587. The van der Waals surface area contributed by atoms with E-state index in [4.69, 9.17) is 5.73 Å². The van der Waals surface area contributed by atoms with Crippen LogP contribution in [0, 0.1) is 0 Å². The van der Waals surface area contributed by atoms with Gasteiger partial charge in [-0.3, -0.25) is 9.59 Å². The maximum absolute atomic E-state index is 12.4. The van der Waals surface area contributed by atoms with Crippen molar-refractivity contribution in [2.24, 2.45) is 5.73 Å². The van der Waals surface area contributed by atoms with Crippen molar-refractivity contribution in [3.05, 3.63) is 29.8 Å². The van der Waals surface area contributed by atoms with Crippen molar-refractivity contribution in [1.29, 1.82) is 0 Å². The zero-order chi connectivity index (χ0) is 17.8. The fourth-order valence-corrected chi connectivity index (χ4v) is 2.84. The van der Waals surface area contributed by atoms with Crippen molar-refractivity contribution in [2.45, 2.75) is 70.4 Å². The lowest BCUT2D eigenvalue weighted by Crippen LogP contribution is -2.52. The van der Waals surface area contributed by atoms with Gasteiger partial charge >= 0.3 is 0 Å². The summed E-state index contributed by atoms with van der Waals surface area (Å²) >= 11 is 0. The van der Waals surface area contributed by atoms with Crippen LogP contribution in [0.3, 0.4) is 0 Å². The Hall–Kier alpha value is -1.88. The molecule has 24 heavy (non-hydrogen) atoms. The number of carbonyl (C=O) groups excluding carboxylic acids is 2. The summed E-state index contributed by atoms with van der Waals surface area (Å²) in [6, 6.07) is 6.94. The largest absolute Gasteiger partial charge is 0.347 e. The normalized spacial score (nSPS) is 17.2. The number of anilines is 1. The highest BCUT2D eigenvalue weighted by atomic mass is 16.2. The van der Waals surface area contributed by atoms with E-state index in [1.807, 2.05) is 20.8 Å². The van der Waals surface area contributed by atoms with Crippen LogP contribution in [-0.4, -0.2) is 22.9 Å². The van der Waals surface area contributed by atoms with E-state index in [0.29, 0.717) is 11.3 Å². The smallest absolute Gasteiger partial charge is 0.251 e. The zero-order valence-electron chi connectivity index (χ0n) is 14.9. The molecule has 0 aliphatic heterocycles. The molecular formula is C19H29N3O2. The summed E-state index contributed by atoms with van der Waals surface area (Å²) in [4.78, 5) is 24.7. The number of nitrogens with one attached hydrogen (secondary N) is 2. The van der Waals surface area contributed by atoms with Crippen LogP contribution in [0.15, 0.2) is 24.3 Å². The fourth-order valence-electron chi connectivity index (χ4n) is 2.84. The van der Waals surface area contributed by atoms with Crippen LogP contribution in [0.5, 0.6) is 0 Å². The monoisotopic (exact) mass is 331 g/mol. The molecule has 1 aromatic carbocycles. The highest BCUT2D eigenvalue weighted by Gasteiger charge is 2.35. The first-order valence-electron chi connectivity index (χ1n) is 8.79. The lowest BCUT2D eigenvalue weighted by atomic mass is 9.82. The van der Waals surface area contributed by atoms with E-state index >= 15 is 0 Å². The summed E-state index contributed by atoms with van der Waals surface area (Å²) in [5, 5.41) is 5.88. The highest BCUT2D eigenvalue weighted by Crippen LogP contribution is 2.27. The van der Waals surface area contributed by atoms with Crippen LogP contribution in [-0.2, 0) is 4.79 Å². The van der Waals surface area contributed by atoms with Crippen molar-refractivity contribution in [1.82, 2.24) is 5.32 Å². The van der Waals surface area contributed by atoms with Gasteiger partial charge in [0.25, 0.3) is 5.91 Å². The third-order valence-corrected chi connectivity index (χ3v) is 4.94. The third-order valence-electron chi connectivity index (χ3n) is 4.94. The number of benzene rings is 1. The summed E-state index contributed by atoms with van der Waals surface area (Å²) in [6.07, 6.45) is 5.44. The third kappa shape index (κ3) is 4.57. The minimum Gasteiger partial charge on any atom is -0.347 e. The first-order valence-corrected chi connectivity index (χ1v) is 8.79. The first-order chi connectivity index (χ1) is 11.3. The van der Waals surface area contributed by atoms with E-state index < -0.39 is 5.54 Å². The van der Waals surface area contributed by atoms with E-state index in [1.54, 1.807) is 24.3 Å². The first kappa shape index (κ1) is 18.5. The van der Waals surface area contributed by atoms with E-state index in [1.165, 1.54) is 0 Å². The van der Waals surface area contributed by atoms with Crippen LogP contribution in [0.25, 0.3) is 0 Å². The van der Waals surface area contributed by atoms with Gasteiger partial charge in [-0.25, -0.2) is 0 Å². The Morgan fingerprint density at radius 1 is 1.12 bits per heavy atom. The molecule has 2 rings (SSSR count). The molecule has 0 radical (unpaired) electrons. The molecule has 0 aromatic heterocycles. The minimum absolute atomic E-state index is 0.109. The maximum Gasteiger partial charge on any atom is 0.251 e. The molecule has 0 heterocycles.